The van der Waals surface area contributed by atoms with Crippen LogP contribution >= 0.6 is 0 Å². The SMILES string of the molecule is OCCOc1ccccc1C1NCCc2[nH]cnc21. The van der Waals surface area contributed by atoms with Crippen LogP contribution in [0.2, 0.25) is 0 Å². The lowest BCUT2D eigenvalue weighted by Gasteiger charge is -2.25. The number of benzene rings is 1. The van der Waals surface area contributed by atoms with E-state index in [1.165, 1.54) is 5.69 Å². The predicted molar refractivity (Wildman–Crippen MR) is 71.2 cm³/mol. The molecule has 0 amide bonds. The summed E-state index contributed by atoms with van der Waals surface area (Å²) in [6.45, 7) is 1.23. The standard InChI is InChI=1S/C14H17N3O2/c18-7-8-19-12-4-2-1-3-10(12)13-14-11(5-6-15-13)16-9-17-14/h1-4,9,13,15,18H,5-8H2,(H,16,17). The van der Waals surface area contributed by atoms with Crippen LogP contribution in [0.1, 0.15) is 23.0 Å². The third kappa shape index (κ3) is 2.34. The van der Waals surface area contributed by atoms with E-state index in [0.717, 1.165) is 30.0 Å². The van der Waals surface area contributed by atoms with Crippen molar-refractivity contribution in [2.75, 3.05) is 19.8 Å². The van der Waals surface area contributed by atoms with Crippen LogP contribution in [-0.4, -0.2) is 34.8 Å². The van der Waals surface area contributed by atoms with E-state index in [4.69, 9.17) is 9.84 Å². The van der Waals surface area contributed by atoms with Crippen molar-refractivity contribution in [3.05, 3.63) is 47.5 Å². The van der Waals surface area contributed by atoms with Crippen molar-refractivity contribution in [3.8, 4) is 5.75 Å². The molecule has 0 bridgehead atoms. The maximum atomic E-state index is 8.90. The topological polar surface area (TPSA) is 70.2 Å². The average molecular weight is 259 g/mol. The van der Waals surface area contributed by atoms with Gasteiger partial charge in [0.15, 0.2) is 0 Å². The molecule has 0 spiro atoms. The highest BCUT2D eigenvalue weighted by Crippen LogP contribution is 2.32. The van der Waals surface area contributed by atoms with Crippen molar-refractivity contribution in [1.82, 2.24) is 15.3 Å². The summed E-state index contributed by atoms with van der Waals surface area (Å²) in [7, 11) is 0. The Hall–Kier alpha value is -1.85. The molecule has 0 aliphatic carbocycles. The fourth-order valence-electron chi connectivity index (χ4n) is 2.48. The minimum absolute atomic E-state index is 0.0140. The molecule has 0 saturated carbocycles. The molecule has 3 rings (SSSR count). The zero-order chi connectivity index (χ0) is 13.1. The van der Waals surface area contributed by atoms with E-state index < -0.39 is 0 Å². The van der Waals surface area contributed by atoms with Crippen molar-refractivity contribution in [1.29, 1.82) is 0 Å². The number of H-pyrrole nitrogens is 1. The molecular weight excluding hydrogens is 242 g/mol. The van der Waals surface area contributed by atoms with Gasteiger partial charge >= 0.3 is 0 Å². The van der Waals surface area contributed by atoms with E-state index in [-0.39, 0.29) is 12.6 Å². The van der Waals surface area contributed by atoms with E-state index in [9.17, 15) is 0 Å². The number of ether oxygens (including phenoxy) is 1. The van der Waals surface area contributed by atoms with Gasteiger partial charge in [0.25, 0.3) is 0 Å². The quantitative estimate of drug-likeness (QED) is 0.766. The molecule has 1 aromatic heterocycles. The van der Waals surface area contributed by atoms with Crippen LogP contribution in [0.3, 0.4) is 0 Å². The molecule has 1 atom stereocenters. The summed E-state index contributed by atoms with van der Waals surface area (Å²) in [5.74, 6) is 0.796. The van der Waals surface area contributed by atoms with Gasteiger partial charge < -0.3 is 20.1 Å². The lowest BCUT2D eigenvalue weighted by atomic mass is 9.97. The molecule has 3 N–H and O–H groups in total. The molecule has 0 fully saturated rings. The molecule has 19 heavy (non-hydrogen) atoms. The highest BCUT2D eigenvalue weighted by atomic mass is 16.5. The summed E-state index contributed by atoms with van der Waals surface area (Å²) in [5, 5.41) is 12.4. The molecular formula is C14H17N3O2. The van der Waals surface area contributed by atoms with Gasteiger partial charge in [0, 0.05) is 24.2 Å². The van der Waals surface area contributed by atoms with Crippen LogP contribution in [0, 0.1) is 0 Å². The Morgan fingerprint density at radius 3 is 3.16 bits per heavy atom. The van der Waals surface area contributed by atoms with Crippen LogP contribution < -0.4 is 10.1 Å². The Morgan fingerprint density at radius 1 is 1.37 bits per heavy atom. The first-order valence-corrected chi connectivity index (χ1v) is 6.48. The fourth-order valence-corrected chi connectivity index (χ4v) is 2.48. The molecule has 5 heteroatoms. The van der Waals surface area contributed by atoms with Crippen LogP contribution in [-0.2, 0) is 6.42 Å². The van der Waals surface area contributed by atoms with Gasteiger partial charge in [0.2, 0.25) is 0 Å². The van der Waals surface area contributed by atoms with E-state index in [1.807, 2.05) is 24.3 Å². The summed E-state index contributed by atoms with van der Waals surface area (Å²) in [5.41, 5.74) is 3.27. The van der Waals surface area contributed by atoms with E-state index in [1.54, 1.807) is 6.33 Å². The number of aliphatic hydroxyl groups is 1. The summed E-state index contributed by atoms with van der Waals surface area (Å²) >= 11 is 0. The number of aromatic amines is 1. The normalized spacial score (nSPS) is 18.1. The number of para-hydroxylation sites is 1. The van der Waals surface area contributed by atoms with Crippen LogP contribution in [0.15, 0.2) is 30.6 Å². The molecule has 2 aromatic rings. The number of nitrogens with one attached hydrogen (secondary N) is 2. The molecule has 1 aliphatic heterocycles. The second kappa shape index (κ2) is 5.42. The summed E-state index contributed by atoms with van der Waals surface area (Å²) in [6.07, 6.45) is 2.70. The first kappa shape index (κ1) is 12.2. The Morgan fingerprint density at radius 2 is 2.26 bits per heavy atom. The zero-order valence-corrected chi connectivity index (χ0v) is 10.6. The van der Waals surface area contributed by atoms with Gasteiger partial charge in [-0.05, 0) is 6.07 Å². The third-order valence-electron chi connectivity index (χ3n) is 3.33. The van der Waals surface area contributed by atoms with Gasteiger partial charge in [-0.15, -0.1) is 0 Å². The van der Waals surface area contributed by atoms with Crippen molar-refractivity contribution in [2.24, 2.45) is 0 Å². The van der Waals surface area contributed by atoms with Crippen molar-refractivity contribution in [3.63, 3.8) is 0 Å². The average Bonchev–Trinajstić information content (AvgIpc) is 2.94. The number of aliphatic hydroxyl groups excluding tert-OH is 1. The van der Waals surface area contributed by atoms with Crippen LogP contribution in [0.5, 0.6) is 5.75 Å². The number of fused-ring (bicyclic) bond motifs is 1. The van der Waals surface area contributed by atoms with Crippen LogP contribution in [0.4, 0.5) is 0 Å². The maximum Gasteiger partial charge on any atom is 0.124 e. The Bertz CT molecular complexity index is 553. The number of hydrogen-bond donors (Lipinski definition) is 3. The monoisotopic (exact) mass is 259 g/mol. The minimum atomic E-state index is 0.0140. The molecule has 1 unspecified atom stereocenters. The van der Waals surface area contributed by atoms with Gasteiger partial charge in [-0.1, -0.05) is 18.2 Å². The number of nitrogens with zero attached hydrogens (tertiary/aromatic N) is 1. The first-order chi connectivity index (χ1) is 9.40. The first-order valence-electron chi connectivity index (χ1n) is 6.48. The Balaban J connectivity index is 1.95. The van der Waals surface area contributed by atoms with Gasteiger partial charge in [0.05, 0.1) is 24.7 Å². The second-order valence-corrected chi connectivity index (χ2v) is 4.51. The van der Waals surface area contributed by atoms with Crippen molar-refractivity contribution in [2.45, 2.75) is 12.5 Å². The fraction of sp³-hybridized carbons (Fsp3) is 0.357. The molecule has 1 aliphatic rings. The van der Waals surface area contributed by atoms with Crippen molar-refractivity contribution >= 4 is 0 Å². The highest BCUT2D eigenvalue weighted by molar-refractivity contribution is 5.41. The largest absolute Gasteiger partial charge is 0.491 e. The van der Waals surface area contributed by atoms with E-state index in [0.29, 0.717) is 6.61 Å². The third-order valence-corrected chi connectivity index (χ3v) is 3.33. The molecule has 0 saturated heterocycles. The van der Waals surface area contributed by atoms with Gasteiger partial charge in [-0.3, -0.25) is 0 Å². The predicted octanol–water partition coefficient (Wildman–Crippen LogP) is 1.02. The lowest BCUT2D eigenvalue weighted by molar-refractivity contribution is 0.199. The Labute approximate surface area is 111 Å². The lowest BCUT2D eigenvalue weighted by Crippen LogP contribution is -2.31. The summed E-state index contributed by atoms with van der Waals surface area (Å²) in [4.78, 5) is 7.60. The van der Waals surface area contributed by atoms with E-state index >= 15 is 0 Å². The summed E-state index contributed by atoms with van der Waals surface area (Å²) in [6, 6.07) is 7.93. The number of imidazole rings is 1. The van der Waals surface area contributed by atoms with Crippen LogP contribution in [0.25, 0.3) is 0 Å². The molecule has 1 aromatic carbocycles. The zero-order valence-electron chi connectivity index (χ0n) is 10.6. The molecule has 5 nitrogen and oxygen atoms in total. The molecule has 2 heterocycles. The minimum Gasteiger partial charge on any atom is -0.491 e. The molecule has 100 valence electrons. The Kier molecular flexibility index (Phi) is 3.48. The van der Waals surface area contributed by atoms with Crippen molar-refractivity contribution < 1.29 is 9.84 Å². The molecule has 0 radical (unpaired) electrons. The summed E-state index contributed by atoms with van der Waals surface area (Å²) < 4.78 is 5.60. The number of rotatable bonds is 4. The smallest absolute Gasteiger partial charge is 0.124 e. The van der Waals surface area contributed by atoms with Gasteiger partial charge in [-0.2, -0.15) is 0 Å². The number of hydrogen-bond acceptors (Lipinski definition) is 4. The maximum absolute atomic E-state index is 8.90. The van der Waals surface area contributed by atoms with Gasteiger partial charge in [-0.25, -0.2) is 4.98 Å². The highest BCUT2D eigenvalue weighted by Gasteiger charge is 2.25. The second-order valence-electron chi connectivity index (χ2n) is 4.51. The number of aromatic nitrogens is 2. The van der Waals surface area contributed by atoms with Gasteiger partial charge in [0.1, 0.15) is 12.4 Å². The van der Waals surface area contributed by atoms with E-state index in [2.05, 4.69) is 15.3 Å².